The van der Waals surface area contributed by atoms with Crippen LogP contribution in [-0.4, -0.2) is 38.4 Å². The van der Waals surface area contributed by atoms with E-state index in [0.717, 1.165) is 13.0 Å². The molecule has 5 nitrogen and oxygen atoms in total. The summed E-state index contributed by atoms with van der Waals surface area (Å²) in [4.78, 5) is 0.266. The summed E-state index contributed by atoms with van der Waals surface area (Å²) >= 11 is 0. The normalized spacial score (nSPS) is 19.2. The minimum Gasteiger partial charge on any atom is -0.315 e. The van der Waals surface area contributed by atoms with E-state index in [9.17, 15) is 8.42 Å². The lowest BCUT2D eigenvalue weighted by atomic mass is 10.1. The van der Waals surface area contributed by atoms with Crippen LogP contribution >= 0.6 is 0 Å². The van der Waals surface area contributed by atoms with Gasteiger partial charge in [-0.1, -0.05) is 6.92 Å². The Morgan fingerprint density at radius 3 is 2.75 bits per heavy atom. The number of benzene rings is 1. The first-order valence-electron chi connectivity index (χ1n) is 6.74. The highest BCUT2D eigenvalue weighted by Gasteiger charge is 2.32. The molecule has 1 unspecified atom stereocenters. The van der Waals surface area contributed by atoms with Gasteiger partial charge in [0.25, 0.3) is 0 Å². The summed E-state index contributed by atoms with van der Waals surface area (Å²) in [6, 6.07) is 6.74. The van der Waals surface area contributed by atoms with Crippen molar-refractivity contribution in [2.75, 3.05) is 19.6 Å². The Balaban J connectivity index is 2.38. The molecule has 1 aromatic carbocycles. The van der Waals surface area contributed by atoms with Gasteiger partial charge < -0.3 is 5.32 Å². The summed E-state index contributed by atoms with van der Waals surface area (Å²) in [5.41, 5.74) is 1.20. The summed E-state index contributed by atoms with van der Waals surface area (Å²) in [6.45, 7) is 5.61. The van der Waals surface area contributed by atoms with Crippen LogP contribution in [0.1, 0.15) is 24.5 Å². The van der Waals surface area contributed by atoms with Crippen LogP contribution in [0, 0.1) is 18.3 Å². The highest BCUT2D eigenvalue weighted by atomic mass is 32.2. The first kappa shape index (κ1) is 15.0. The van der Waals surface area contributed by atoms with Gasteiger partial charge in [-0.2, -0.15) is 9.57 Å². The second kappa shape index (κ2) is 5.92. The topological polar surface area (TPSA) is 73.2 Å². The minimum atomic E-state index is -3.50. The van der Waals surface area contributed by atoms with E-state index in [2.05, 4.69) is 11.4 Å². The predicted octanol–water partition coefficient (Wildman–Crippen LogP) is 1.24. The number of aryl methyl sites for hydroxylation is 1. The van der Waals surface area contributed by atoms with Gasteiger partial charge in [-0.05, 0) is 43.7 Å². The van der Waals surface area contributed by atoms with Gasteiger partial charge in [-0.25, -0.2) is 8.42 Å². The van der Waals surface area contributed by atoms with Crippen LogP contribution in [0.5, 0.6) is 0 Å². The molecule has 1 fully saturated rings. The summed E-state index contributed by atoms with van der Waals surface area (Å²) in [5.74, 6) is 0. The van der Waals surface area contributed by atoms with E-state index in [0.29, 0.717) is 24.2 Å². The molecule has 6 heteroatoms. The number of nitriles is 1. The number of sulfonamides is 1. The molecule has 0 bridgehead atoms. The van der Waals surface area contributed by atoms with Crippen molar-refractivity contribution in [3.05, 3.63) is 29.3 Å². The molecule has 1 aliphatic rings. The number of nitrogens with one attached hydrogen (secondary N) is 1. The molecule has 1 N–H and O–H groups in total. The molecule has 0 spiro atoms. The Morgan fingerprint density at radius 2 is 2.25 bits per heavy atom. The second-order valence-electron chi connectivity index (χ2n) is 4.94. The zero-order valence-electron chi connectivity index (χ0n) is 11.8. The van der Waals surface area contributed by atoms with Gasteiger partial charge in [-0.15, -0.1) is 0 Å². The van der Waals surface area contributed by atoms with Crippen LogP contribution in [0.15, 0.2) is 23.1 Å². The quantitative estimate of drug-likeness (QED) is 0.906. The highest BCUT2D eigenvalue weighted by Crippen LogP contribution is 2.22. The van der Waals surface area contributed by atoms with Gasteiger partial charge in [0.05, 0.1) is 16.5 Å². The zero-order chi connectivity index (χ0) is 14.8. The van der Waals surface area contributed by atoms with Crippen molar-refractivity contribution in [3.63, 3.8) is 0 Å². The monoisotopic (exact) mass is 293 g/mol. The molecule has 1 heterocycles. The van der Waals surface area contributed by atoms with Crippen LogP contribution in [0.25, 0.3) is 0 Å². The Morgan fingerprint density at radius 1 is 1.50 bits per heavy atom. The zero-order valence-corrected chi connectivity index (χ0v) is 12.6. The van der Waals surface area contributed by atoms with E-state index in [1.807, 2.05) is 6.92 Å². The first-order chi connectivity index (χ1) is 9.50. The smallest absolute Gasteiger partial charge is 0.243 e. The molecule has 20 heavy (non-hydrogen) atoms. The van der Waals surface area contributed by atoms with Crippen LogP contribution < -0.4 is 5.32 Å². The lowest BCUT2D eigenvalue weighted by Crippen LogP contribution is -2.41. The third-order valence-electron chi connectivity index (χ3n) is 3.68. The Kier molecular flexibility index (Phi) is 4.43. The average Bonchev–Trinajstić information content (AvgIpc) is 2.93. The van der Waals surface area contributed by atoms with Crippen LogP contribution in [0.2, 0.25) is 0 Å². The average molecular weight is 293 g/mol. The standard InChI is InChI=1S/C14H19N3O2S/c1-3-17(13-6-7-16-10-13)20(18,19)14-5-4-12(9-15)11(2)8-14/h4-5,8,13,16H,3,6-7,10H2,1-2H3. The van der Waals surface area contributed by atoms with E-state index in [1.54, 1.807) is 23.4 Å². The molecule has 1 saturated heterocycles. The molecule has 1 aromatic rings. The maximum Gasteiger partial charge on any atom is 0.243 e. The van der Waals surface area contributed by atoms with Crippen LogP contribution in [-0.2, 0) is 10.0 Å². The number of nitrogens with zero attached hydrogens (tertiary/aromatic N) is 2. The SMILES string of the molecule is CCN(C1CCNC1)S(=O)(=O)c1ccc(C#N)c(C)c1. The maximum absolute atomic E-state index is 12.7. The van der Waals surface area contributed by atoms with Crippen molar-refractivity contribution in [1.29, 1.82) is 5.26 Å². The molecule has 0 aliphatic carbocycles. The summed E-state index contributed by atoms with van der Waals surface area (Å²) in [6.07, 6.45) is 0.836. The van der Waals surface area contributed by atoms with Crippen molar-refractivity contribution >= 4 is 10.0 Å². The summed E-state index contributed by atoms with van der Waals surface area (Å²) in [5, 5.41) is 12.1. The number of hydrogen-bond donors (Lipinski definition) is 1. The summed E-state index contributed by atoms with van der Waals surface area (Å²) < 4.78 is 27.0. The van der Waals surface area contributed by atoms with Gasteiger partial charge in [0.2, 0.25) is 10.0 Å². The van der Waals surface area contributed by atoms with Gasteiger partial charge >= 0.3 is 0 Å². The van der Waals surface area contributed by atoms with E-state index < -0.39 is 10.0 Å². The van der Waals surface area contributed by atoms with E-state index >= 15 is 0 Å². The molecule has 2 rings (SSSR count). The number of hydrogen-bond acceptors (Lipinski definition) is 4. The lowest BCUT2D eigenvalue weighted by molar-refractivity contribution is 0.349. The fourth-order valence-electron chi connectivity index (χ4n) is 2.57. The van der Waals surface area contributed by atoms with Gasteiger partial charge in [0.1, 0.15) is 0 Å². The van der Waals surface area contributed by atoms with Crippen molar-refractivity contribution in [1.82, 2.24) is 9.62 Å². The fraction of sp³-hybridized carbons (Fsp3) is 0.500. The molecule has 0 saturated carbocycles. The molecule has 1 aliphatic heterocycles. The van der Waals surface area contributed by atoms with Crippen LogP contribution in [0.4, 0.5) is 0 Å². The lowest BCUT2D eigenvalue weighted by Gasteiger charge is -2.26. The van der Waals surface area contributed by atoms with Crippen molar-refractivity contribution < 1.29 is 8.42 Å². The predicted molar refractivity (Wildman–Crippen MR) is 76.7 cm³/mol. The number of likely N-dealkylation sites (N-methyl/N-ethyl adjacent to an activating group) is 1. The maximum atomic E-state index is 12.7. The Labute approximate surface area is 120 Å². The van der Waals surface area contributed by atoms with Gasteiger partial charge in [0, 0.05) is 19.1 Å². The molecule has 0 radical (unpaired) electrons. The van der Waals surface area contributed by atoms with Gasteiger partial charge in [-0.3, -0.25) is 0 Å². The van der Waals surface area contributed by atoms with E-state index in [4.69, 9.17) is 5.26 Å². The molecule has 108 valence electrons. The fourth-order valence-corrected chi connectivity index (χ4v) is 4.32. The molecule has 0 aromatic heterocycles. The highest BCUT2D eigenvalue weighted by molar-refractivity contribution is 7.89. The molecular weight excluding hydrogens is 274 g/mol. The van der Waals surface area contributed by atoms with Crippen LogP contribution in [0.3, 0.4) is 0 Å². The Bertz CT molecular complexity index is 628. The molecule has 0 amide bonds. The van der Waals surface area contributed by atoms with Crippen molar-refractivity contribution in [3.8, 4) is 6.07 Å². The second-order valence-corrected chi connectivity index (χ2v) is 6.83. The molecular formula is C14H19N3O2S. The largest absolute Gasteiger partial charge is 0.315 e. The molecule has 1 atom stereocenters. The summed E-state index contributed by atoms with van der Waals surface area (Å²) in [7, 11) is -3.50. The third-order valence-corrected chi connectivity index (χ3v) is 5.70. The third kappa shape index (κ3) is 2.70. The Hall–Kier alpha value is -1.42. The van der Waals surface area contributed by atoms with Gasteiger partial charge in [0.15, 0.2) is 0 Å². The van der Waals surface area contributed by atoms with E-state index in [-0.39, 0.29) is 10.9 Å². The van der Waals surface area contributed by atoms with Crippen molar-refractivity contribution in [2.24, 2.45) is 0 Å². The first-order valence-corrected chi connectivity index (χ1v) is 8.18. The van der Waals surface area contributed by atoms with E-state index in [1.165, 1.54) is 6.07 Å². The van der Waals surface area contributed by atoms with Crippen molar-refractivity contribution in [2.45, 2.75) is 31.2 Å². The minimum absolute atomic E-state index is 0.0148. The number of rotatable bonds is 4.